The van der Waals surface area contributed by atoms with Crippen LogP contribution in [0.2, 0.25) is 0 Å². The second kappa shape index (κ2) is 5.08. The number of rotatable bonds is 6. The summed E-state index contributed by atoms with van der Waals surface area (Å²) in [5, 5.41) is 3.37. The van der Waals surface area contributed by atoms with E-state index in [2.05, 4.69) is 21.1 Å². The number of aromatic nitrogens is 2. The van der Waals surface area contributed by atoms with Gasteiger partial charge in [0.1, 0.15) is 0 Å². The lowest BCUT2D eigenvalue weighted by Crippen LogP contribution is -2.17. The smallest absolute Gasteiger partial charge is 0.203 e. The van der Waals surface area contributed by atoms with E-state index in [-0.39, 0.29) is 0 Å². The summed E-state index contributed by atoms with van der Waals surface area (Å²) < 4.78 is 8.06. The molecule has 0 bridgehead atoms. The van der Waals surface area contributed by atoms with Gasteiger partial charge in [-0.3, -0.25) is 0 Å². The summed E-state index contributed by atoms with van der Waals surface area (Å²) in [6, 6.07) is 0.691. The minimum Gasteiger partial charge on any atom is -0.376 e. The minimum atomic E-state index is 0.514. The highest BCUT2D eigenvalue weighted by atomic mass is 16.5. The van der Waals surface area contributed by atoms with Gasteiger partial charge in [0.05, 0.1) is 12.7 Å². The van der Waals surface area contributed by atoms with Crippen molar-refractivity contribution in [1.82, 2.24) is 9.55 Å². The molecule has 4 heteroatoms. The fourth-order valence-corrected chi connectivity index (χ4v) is 2.54. The number of hydrogen-bond acceptors (Lipinski definition) is 3. The second-order valence-electron chi connectivity index (χ2n) is 5.09. The molecule has 1 heterocycles. The average Bonchev–Trinajstić information content (AvgIpc) is 2.89. The number of nitrogens with zero attached hydrogens (tertiary/aromatic N) is 2. The Hall–Kier alpha value is -1.03. The van der Waals surface area contributed by atoms with Gasteiger partial charge in [0, 0.05) is 25.0 Å². The van der Waals surface area contributed by atoms with Gasteiger partial charge < -0.3 is 14.6 Å². The molecule has 1 aromatic heterocycles. The van der Waals surface area contributed by atoms with Crippen LogP contribution in [0.4, 0.5) is 5.95 Å². The van der Waals surface area contributed by atoms with Crippen molar-refractivity contribution < 1.29 is 4.74 Å². The van der Waals surface area contributed by atoms with Crippen LogP contribution in [0, 0.1) is 0 Å². The summed E-state index contributed by atoms with van der Waals surface area (Å²) in [6.45, 7) is 1.66. The largest absolute Gasteiger partial charge is 0.376 e. The quantitative estimate of drug-likeness (QED) is 0.770. The number of anilines is 1. The molecule has 0 unspecified atom stereocenters. The molecule has 0 amide bonds. The van der Waals surface area contributed by atoms with Crippen molar-refractivity contribution in [3.05, 3.63) is 12.4 Å². The fraction of sp³-hybridized carbons (Fsp3) is 0.769. The predicted octanol–water partition coefficient (Wildman–Crippen LogP) is 2.59. The van der Waals surface area contributed by atoms with Gasteiger partial charge in [0.2, 0.25) is 5.95 Å². The molecule has 2 saturated carbocycles. The van der Waals surface area contributed by atoms with Crippen molar-refractivity contribution in [2.75, 3.05) is 18.5 Å². The Morgan fingerprint density at radius 2 is 2.12 bits per heavy atom. The Morgan fingerprint density at radius 1 is 1.29 bits per heavy atom. The van der Waals surface area contributed by atoms with Gasteiger partial charge in [-0.15, -0.1) is 0 Å². The third-order valence-corrected chi connectivity index (χ3v) is 3.65. The van der Waals surface area contributed by atoms with Crippen LogP contribution in [0.3, 0.4) is 0 Å². The van der Waals surface area contributed by atoms with Crippen molar-refractivity contribution in [2.45, 2.75) is 50.7 Å². The third-order valence-electron chi connectivity index (χ3n) is 3.65. The molecule has 1 N–H and O–H groups in total. The van der Waals surface area contributed by atoms with Gasteiger partial charge in [-0.1, -0.05) is 12.8 Å². The number of ether oxygens (including phenoxy) is 1. The van der Waals surface area contributed by atoms with E-state index in [1.54, 1.807) is 0 Å². The molecule has 17 heavy (non-hydrogen) atoms. The molecule has 0 aromatic carbocycles. The summed E-state index contributed by atoms with van der Waals surface area (Å²) in [4.78, 5) is 4.34. The fourth-order valence-electron chi connectivity index (χ4n) is 2.54. The van der Waals surface area contributed by atoms with Gasteiger partial charge in [-0.05, 0) is 25.7 Å². The maximum absolute atomic E-state index is 5.82. The number of nitrogens with one attached hydrogen (secondary N) is 1. The minimum absolute atomic E-state index is 0.514. The zero-order chi connectivity index (χ0) is 11.5. The van der Waals surface area contributed by atoms with Crippen molar-refractivity contribution in [3.8, 4) is 0 Å². The van der Waals surface area contributed by atoms with Crippen LogP contribution in [0.1, 0.15) is 44.6 Å². The van der Waals surface area contributed by atoms with Crippen molar-refractivity contribution in [1.29, 1.82) is 0 Å². The molecule has 2 fully saturated rings. The molecule has 0 saturated heterocycles. The number of imidazole rings is 1. The molecule has 2 aliphatic carbocycles. The van der Waals surface area contributed by atoms with Crippen molar-refractivity contribution in [2.24, 2.45) is 0 Å². The van der Waals surface area contributed by atoms with Crippen molar-refractivity contribution in [3.63, 3.8) is 0 Å². The van der Waals surface area contributed by atoms with E-state index in [1.165, 1.54) is 38.5 Å². The van der Waals surface area contributed by atoms with Crippen LogP contribution in [0.25, 0.3) is 0 Å². The third kappa shape index (κ3) is 2.80. The van der Waals surface area contributed by atoms with E-state index in [9.17, 15) is 0 Å². The molecule has 0 aliphatic heterocycles. The molecule has 0 radical (unpaired) electrons. The standard InChI is InChI=1S/C13H21N3O/c1-2-4-12(3-1)17-10-8-15-13-14-7-9-16(13)11-5-6-11/h7,9,11-12H,1-6,8,10H2,(H,14,15). The summed E-state index contributed by atoms with van der Waals surface area (Å²) in [5.41, 5.74) is 0. The number of hydrogen-bond donors (Lipinski definition) is 1. The van der Waals surface area contributed by atoms with Gasteiger partial charge >= 0.3 is 0 Å². The van der Waals surface area contributed by atoms with Gasteiger partial charge in [-0.25, -0.2) is 4.98 Å². The lowest BCUT2D eigenvalue weighted by molar-refractivity contribution is 0.0658. The first-order chi connectivity index (χ1) is 8.43. The Balaban J connectivity index is 1.39. The van der Waals surface area contributed by atoms with E-state index < -0.39 is 0 Å². The molecular weight excluding hydrogens is 214 g/mol. The molecule has 2 aliphatic rings. The maximum Gasteiger partial charge on any atom is 0.203 e. The zero-order valence-corrected chi connectivity index (χ0v) is 10.3. The van der Waals surface area contributed by atoms with E-state index in [0.29, 0.717) is 12.1 Å². The molecule has 94 valence electrons. The highest BCUT2D eigenvalue weighted by molar-refractivity contribution is 5.27. The Bertz CT molecular complexity index is 353. The Kier molecular flexibility index (Phi) is 3.31. The topological polar surface area (TPSA) is 39.1 Å². The second-order valence-corrected chi connectivity index (χ2v) is 5.09. The lowest BCUT2D eigenvalue weighted by Gasteiger charge is -2.12. The molecular formula is C13H21N3O. The van der Waals surface area contributed by atoms with Crippen LogP contribution in [0.15, 0.2) is 12.4 Å². The highest BCUT2D eigenvalue weighted by Crippen LogP contribution is 2.36. The molecule has 4 nitrogen and oxygen atoms in total. The first kappa shape index (κ1) is 11.1. The van der Waals surface area contributed by atoms with E-state index in [0.717, 1.165) is 19.1 Å². The normalized spacial score (nSPS) is 20.9. The van der Waals surface area contributed by atoms with Crippen LogP contribution in [-0.2, 0) is 4.74 Å². The first-order valence-electron chi connectivity index (χ1n) is 6.82. The van der Waals surface area contributed by atoms with E-state index >= 15 is 0 Å². The Morgan fingerprint density at radius 3 is 2.88 bits per heavy atom. The van der Waals surface area contributed by atoms with Gasteiger partial charge in [0.15, 0.2) is 0 Å². The maximum atomic E-state index is 5.82. The van der Waals surface area contributed by atoms with Crippen LogP contribution >= 0.6 is 0 Å². The Labute approximate surface area is 102 Å². The van der Waals surface area contributed by atoms with Gasteiger partial charge in [-0.2, -0.15) is 0 Å². The highest BCUT2D eigenvalue weighted by Gasteiger charge is 2.25. The zero-order valence-electron chi connectivity index (χ0n) is 10.3. The lowest BCUT2D eigenvalue weighted by atomic mass is 10.3. The van der Waals surface area contributed by atoms with E-state index in [4.69, 9.17) is 4.74 Å². The van der Waals surface area contributed by atoms with Gasteiger partial charge in [0.25, 0.3) is 0 Å². The SMILES string of the molecule is c1cn(C2CC2)c(NCCOC2CCCC2)n1. The average molecular weight is 235 g/mol. The van der Waals surface area contributed by atoms with Crippen LogP contribution in [0.5, 0.6) is 0 Å². The molecule has 0 atom stereocenters. The molecule has 0 spiro atoms. The molecule has 1 aromatic rings. The summed E-state index contributed by atoms with van der Waals surface area (Å²) >= 11 is 0. The van der Waals surface area contributed by atoms with Crippen LogP contribution < -0.4 is 5.32 Å². The van der Waals surface area contributed by atoms with E-state index in [1.807, 2.05) is 6.20 Å². The summed E-state index contributed by atoms with van der Waals surface area (Å²) in [5.74, 6) is 1.00. The van der Waals surface area contributed by atoms with Crippen LogP contribution in [-0.4, -0.2) is 28.8 Å². The van der Waals surface area contributed by atoms with Crippen molar-refractivity contribution >= 4 is 5.95 Å². The monoisotopic (exact) mass is 235 g/mol. The summed E-state index contributed by atoms with van der Waals surface area (Å²) in [7, 11) is 0. The molecule has 3 rings (SSSR count). The summed E-state index contributed by atoms with van der Waals surface area (Å²) in [6.07, 6.45) is 12.2. The first-order valence-corrected chi connectivity index (χ1v) is 6.82. The predicted molar refractivity (Wildman–Crippen MR) is 67.2 cm³/mol.